The molecule has 78 valence electrons. The lowest BCUT2D eigenvalue weighted by atomic mass is 10.0. The molecule has 0 fully saturated rings. The molecule has 0 saturated carbocycles. The molecule has 0 aliphatic carbocycles. The molecule has 1 aromatic rings. The van der Waals surface area contributed by atoms with E-state index in [9.17, 15) is 0 Å². The minimum Gasteiger partial charge on any atom is -0.381 e. The smallest absolute Gasteiger partial charge is 0.0542 e. The van der Waals surface area contributed by atoms with Gasteiger partial charge in [0.05, 0.1) is 6.61 Å². The van der Waals surface area contributed by atoms with E-state index in [0.29, 0.717) is 5.92 Å². The summed E-state index contributed by atoms with van der Waals surface area (Å²) in [5, 5.41) is 1.68. The first kappa shape index (κ1) is 12.0. The van der Waals surface area contributed by atoms with Crippen molar-refractivity contribution < 1.29 is 4.74 Å². The Morgan fingerprint density at radius 2 is 2.29 bits per heavy atom. The topological polar surface area (TPSA) is 9.23 Å². The Bertz CT molecular complexity index is 278. The maximum Gasteiger partial charge on any atom is 0.0542 e. The molecule has 1 nitrogen and oxygen atoms in total. The minimum atomic E-state index is 0.383. The van der Waals surface area contributed by atoms with Crippen molar-refractivity contribution >= 4 is 27.5 Å². The molecule has 0 spiro atoms. The molecule has 0 aliphatic rings. The zero-order chi connectivity index (χ0) is 10.4. The molecule has 1 atom stereocenters. The first-order valence-electron chi connectivity index (χ1n) is 4.67. The van der Waals surface area contributed by atoms with Crippen molar-refractivity contribution in [3.05, 3.63) is 34.9 Å². The summed E-state index contributed by atoms with van der Waals surface area (Å²) >= 11 is 9.41. The van der Waals surface area contributed by atoms with Crippen LogP contribution < -0.4 is 0 Å². The van der Waals surface area contributed by atoms with Gasteiger partial charge in [0.2, 0.25) is 0 Å². The molecule has 0 bridgehead atoms. The van der Waals surface area contributed by atoms with Gasteiger partial charge in [0.25, 0.3) is 0 Å². The molecule has 0 N–H and O–H groups in total. The molecule has 3 heteroatoms. The third-order valence-corrected chi connectivity index (χ3v) is 3.05. The Hall–Kier alpha value is -0.0500. The third kappa shape index (κ3) is 3.60. The van der Waals surface area contributed by atoms with E-state index < -0.39 is 0 Å². The molecule has 0 aliphatic heterocycles. The Balaban J connectivity index is 2.68. The van der Waals surface area contributed by atoms with Gasteiger partial charge in [-0.25, -0.2) is 0 Å². The summed E-state index contributed by atoms with van der Waals surface area (Å²) in [5.74, 6) is 0.383. The van der Waals surface area contributed by atoms with Crippen molar-refractivity contribution in [2.24, 2.45) is 0 Å². The summed E-state index contributed by atoms with van der Waals surface area (Å²) in [4.78, 5) is 0. The first-order chi connectivity index (χ1) is 6.77. The van der Waals surface area contributed by atoms with Gasteiger partial charge in [-0.3, -0.25) is 0 Å². The van der Waals surface area contributed by atoms with E-state index >= 15 is 0 Å². The molecule has 0 saturated heterocycles. The van der Waals surface area contributed by atoms with Crippen molar-refractivity contribution in [1.82, 2.24) is 0 Å². The van der Waals surface area contributed by atoms with Gasteiger partial charge in [0.1, 0.15) is 0 Å². The van der Waals surface area contributed by atoms with Gasteiger partial charge in [-0.05, 0) is 24.6 Å². The van der Waals surface area contributed by atoms with E-state index in [-0.39, 0.29) is 0 Å². The molecule has 1 rings (SSSR count). The van der Waals surface area contributed by atoms with Crippen LogP contribution in [0.5, 0.6) is 0 Å². The van der Waals surface area contributed by atoms with E-state index in [4.69, 9.17) is 16.3 Å². The molecule has 0 aromatic heterocycles. The van der Waals surface area contributed by atoms with Gasteiger partial charge in [-0.15, -0.1) is 0 Å². The van der Waals surface area contributed by atoms with Crippen LogP contribution in [0.2, 0.25) is 5.02 Å². The predicted molar refractivity (Wildman–Crippen MR) is 64.5 cm³/mol. The molecule has 0 radical (unpaired) electrons. The Morgan fingerprint density at radius 1 is 1.50 bits per heavy atom. The summed E-state index contributed by atoms with van der Waals surface area (Å²) in [5.41, 5.74) is 1.22. The minimum absolute atomic E-state index is 0.383. The summed E-state index contributed by atoms with van der Waals surface area (Å²) in [6.07, 6.45) is 0. The molecule has 1 unspecified atom stereocenters. The van der Waals surface area contributed by atoms with Crippen LogP contribution in [0.15, 0.2) is 24.3 Å². The zero-order valence-corrected chi connectivity index (χ0v) is 10.5. The van der Waals surface area contributed by atoms with E-state index in [0.717, 1.165) is 23.6 Å². The lowest BCUT2D eigenvalue weighted by Crippen LogP contribution is -2.09. The molecule has 0 heterocycles. The largest absolute Gasteiger partial charge is 0.381 e. The van der Waals surface area contributed by atoms with Gasteiger partial charge in [0.15, 0.2) is 0 Å². The quantitative estimate of drug-likeness (QED) is 0.743. The van der Waals surface area contributed by atoms with Crippen molar-refractivity contribution in [2.45, 2.75) is 12.8 Å². The molecular weight excluding hydrogens is 263 g/mol. The van der Waals surface area contributed by atoms with E-state index in [1.54, 1.807) is 0 Å². The monoisotopic (exact) mass is 276 g/mol. The summed E-state index contributed by atoms with van der Waals surface area (Å²) < 4.78 is 5.41. The number of halogens is 2. The van der Waals surface area contributed by atoms with Crippen LogP contribution in [-0.2, 0) is 4.74 Å². The normalized spacial score (nSPS) is 12.8. The number of alkyl halides is 1. The Labute approximate surface area is 98.5 Å². The Morgan fingerprint density at radius 3 is 2.86 bits per heavy atom. The molecule has 14 heavy (non-hydrogen) atoms. The highest BCUT2D eigenvalue weighted by atomic mass is 79.9. The van der Waals surface area contributed by atoms with Gasteiger partial charge < -0.3 is 4.74 Å². The van der Waals surface area contributed by atoms with Crippen LogP contribution in [0, 0.1) is 0 Å². The van der Waals surface area contributed by atoms with Gasteiger partial charge >= 0.3 is 0 Å². The highest BCUT2D eigenvalue weighted by Crippen LogP contribution is 2.21. The third-order valence-electron chi connectivity index (χ3n) is 2.03. The van der Waals surface area contributed by atoms with Gasteiger partial charge in [-0.2, -0.15) is 0 Å². The van der Waals surface area contributed by atoms with Crippen LogP contribution in [-0.4, -0.2) is 18.5 Å². The Kier molecular flexibility index (Phi) is 5.53. The van der Waals surface area contributed by atoms with Crippen molar-refractivity contribution in [1.29, 1.82) is 0 Å². The van der Waals surface area contributed by atoms with Crippen LogP contribution in [0.25, 0.3) is 0 Å². The van der Waals surface area contributed by atoms with Crippen molar-refractivity contribution in [3.63, 3.8) is 0 Å². The van der Waals surface area contributed by atoms with Crippen molar-refractivity contribution in [2.75, 3.05) is 18.5 Å². The van der Waals surface area contributed by atoms with Gasteiger partial charge in [0, 0.05) is 22.9 Å². The van der Waals surface area contributed by atoms with Crippen LogP contribution in [0.4, 0.5) is 0 Å². The fourth-order valence-electron chi connectivity index (χ4n) is 1.25. The zero-order valence-electron chi connectivity index (χ0n) is 8.17. The summed E-state index contributed by atoms with van der Waals surface area (Å²) in [6.45, 7) is 3.50. The van der Waals surface area contributed by atoms with Crippen LogP contribution >= 0.6 is 27.5 Å². The maximum absolute atomic E-state index is 5.92. The first-order valence-corrected chi connectivity index (χ1v) is 6.17. The van der Waals surface area contributed by atoms with Crippen LogP contribution in [0.1, 0.15) is 18.4 Å². The number of rotatable bonds is 5. The van der Waals surface area contributed by atoms with E-state index in [1.165, 1.54) is 5.56 Å². The molecule has 0 amide bonds. The second-order valence-corrected chi connectivity index (χ2v) is 4.15. The molecular formula is C11H14BrClO. The van der Waals surface area contributed by atoms with E-state index in [1.807, 2.05) is 25.1 Å². The van der Waals surface area contributed by atoms with E-state index in [2.05, 4.69) is 22.0 Å². The standard InChI is InChI=1S/C11H14BrClO/c1-2-14-8-10(7-12)9-4-3-5-11(13)6-9/h3-6,10H,2,7-8H2,1H3. The second-order valence-electron chi connectivity index (χ2n) is 3.07. The maximum atomic E-state index is 5.92. The average molecular weight is 278 g/mol. The highest BCUT2D eigenvalue weighted by Gasteiger charge is 2.09. The lowest BCUT2D eigenvalue weighted by Gasteiger charge is -2.14. The number of benzene rings is 1. The lowest BCUT2D eigenvalue weighted by molar-refractivity contribution is 0.137. The highest BCUT2D eigenvalue weighted by molar-refractivity contribution is 9.09. The number of ether oxygens (including phenoxy) is 1. The fourth-order valence-corrected chi connectivity index (χ4v) is 2.01. The second kappa shape index (κ2) is 6.44. The predicted octanol–water partition coefficient (Wildman–Crippen LogP) is 3.86. The fraction of sp³-hybridized carbons (Fsp3) is 0.455. The van der Waals surface area contributed by atoms with Gasteiger partial charge in [-0.1, -0.05) is 39.7 Å². The summed E-state index contributed by atoms with van der Waals surface area (Å²) in [7, 11) is 0. The summed E-state index contributed by atoms with van der Waals surface area (Å²) in [6, 6.07) is 7.93. The molecule has 1 aromatic carbocycles. The van der Waals surface area contributed by atoms with Crippen molar-refractivity contribution in [3.8, 4) is 0 Å². The van der Waals surface area contributed by atoms with Crippen LogP contribution in [0.3, 0.4) is 0 Å². The number of hydrogen-bond acceptors (Lipinski definition) is 1. The SMILES string of the molecule is CCOCC(CBr)c1cccc(Cl)c1. The number of hydrogen-bond donors (Lipinski definition) is 0. The average Bonchev–Trinajstić information content (AvgIpc) is 2.19.